The highest BCUT2D eigenvalue weighted by molar-refractivity contribution is 14.1. The van der Waals surface area contributed by atoms with E-state index >= 15 is 0 Å². The summed E-state index contributed by atoms with van der Waals surface area (Å²) in [5, 5.41) is 0. The molecule has 1 aliphatic heterocycles. The molecule has 0 bridgehead atoms. The number of fused-ring (bicyclic) bond motifs is 1. The summed E-state index contributed by atoms with van der Waals surface area (Å²) in [5.74, 6) is 0.118. The van der Waals surface area contributed by atoms with Crippen molar-refractivity contribution in [2.24, 2.45) is 4.99 Å². The molecule has 0 saturated heterocycles. The van der Waals surface area contributed by atoms with Crippen molar-refractivity contribution in [1.29, 1.82) is 0 Å². The van der Waals surface area contributed by atoms with Crippen LogP contribution < -0.4 is 14.9 Å². The van der Waals surface area contributed by atoms with E-state index in [2.05, 4.69) is 43.5 Å². The summed E-state index contributed by atoms with van der Waals surface area (Å²) in [6, 6.07) is 10.6. The number of allylic oxidation sites excluding steroid dienone is 1. The van der Waals surface area contributed by atoms with Crippen LogP contribution >= 0.6 is 49.9 Å². The lowest BCUT2D eigenvalue weighted by atomic mass is 9.96. The molecule has 0 radical (unpaired) electrons. The minimum absolute atomic E-state index is 0.229. The van der Waals surface area contributed by atoms with Gasteiger partial charge in [0.25, 0.3) is 5.56 Å². The van der Waals surface area contributed by atoms with Crippen molar-refractivity contribution >= 4 is 61.9 Å². The largest absolute Gasteiger partial charge is 0.463 e. The molecule has 4 rings (SSSR count). The standard InChI is InChI=1S/C21H16BrIN2O4S/c1-3-28-20(27)17-11(2)24-21-25(18(17)12-4-6-13(22)7-5-12)19(26)15(30-21)10-14-8-9-16(23)29-14/h4-10,18H,3H2,1-2H3/b15-10-/t18-/m0/s1. The molecular formula is C21H16BrIN2O4S. The Kier molecular flexibility index (Phi) is 6.12. The van der Waals surface area contributed by atoms with E-state index in [1.54, 1.807) is 24.5 Å². The highest BCUT2D eigenvalue weighted by Gasteiger charge is 2.33. The number of furan rings is 1. The van der Waals surface area contributed by atoms with E-state index in [1.807, 2.05) is 36.4 Å². The van der Waals surface area contributed by atoms with E-state index in [4.69, 9.17) is 9.15 Å². The maximum Gasteiger partial charge on any atom is 0.338 e. The summed E-state index contributed by atoms with van der Waals surface area (Å²) in [5.41, 5.74) is 1.48. The Morgan fingerprint density at radius 2 is 2.07 bits per heavy atom. The molecule has 0 amide bonds. The number of rotatable bonds is 4. The summed E-state index contributed by atoms with van der Waals surface area (Å²) < 4.78 is 14.6. The lowest BCUT2D eigenvalue weighted by Crippen LogP contribution is -2.39. The molecule has 0 fully saturated rings. The molecular weight excluding hydrogens is 583 g/mol. The van der Waals surface area contributed by atoms with Crippen LogP contribution in [0.25, 0.3) is 6.08 Å². The summed E-state index contributed by atoms with van der Waals surface area (Å²) in [6.45, 7) is 3.76. The number of ether oxygens (including phenoxy) is 1. The summed E-state index contributed by atoms with van der Waals surface area (Å²) in [6.07, 6.45) is 1.70. The zero-order valence-corrected chi connectivity index (χ0v) is 20.6. The Morgan fingerprint density at radius 1 is 1.33 bits per heavy atom. The van der Waals surface area contributed by atoms with Crippen molar-refractivity contribution in [2.75, 3.05) is 6.61 Å². The molecule has 1 aromatic carbocycles. The molecule has 30 heavy (non-hydrogen) atoms. The first-order valence-corrected chi connectivity index (χ1v) is 11.8. The van der Waals surface area contributed by atoms with Gasteiger partial charge in [-0.25, -0.2) is 9.79 Å². The fourth-order valence-corrected chi connectivity index (χ4v) is 5.01. The normalized spacial score (nSPS) is 16.4. The molecule has 0 unspecified atom stereocenters. The summed E-state index contributed by atoms with van der Waals surface area (Å²) >= 11 is 6.78. The number of carbonyl (C=O) groups is 1. The van der Waals surface area contributed by atoms with Crippen LogP contribution in [-0.4, -0.2) is 17.1 Å². The third-order valence-corrected chi connectivity index (χ3v) is 6.66. The molecule has 2 aromatic heterocycles. The van der Waals surface area contributed by atoms with E-state index in [-0.39, 0.29) is 12.2 Å². The van der Waals surface area contributed by atoms with Gasteiger partial charge in [0.2, 0.25) is 0 Å². The maximum atomic E-state index is 13.4. The highest BCUT2D eigenvalue weighted by atomic mass is 127. The summed E-state index contributed by atoms with van der Waals surface area (Å²) in [7, 11) is 0. The van der Waals surface area contributed by atoms with Gasteiger partial charge in [-0.15, -0.1) is 0 Å². The van der Waals surface area contributed by atoms with Gasteiger partial charge in [0.1, 0.15) is 5.76 Å². The van der Waals surface area contributed by atoms with Crippen LogP contribution in [0.1, 0.15) is 31.2 Å². The Hall–Kier alpha value is -1.98. The quantitative estimate of drug-likeness (QED) is 0.339. The van der Waals surface area contributed by atoms with Crippen LogP contribution in [0.4, 0.5) is 0 Å². The van der Waals surface area contributed by atoms with E-state index in [9.17, 15) is 9.59 Å². The van der Waals surface area contributed by atoms with Crippen LogP contribution in [0.3, 0.4) is 0 Å². The van der Waals surface area contributed by atoms with Gasteiger partial charge in [-0.3, -0.25) is 9.36 Å². The second-order valence-electron chi connectivity index (χ2n) is 6.50. The van der Waals surface area contributed by atoms with Gasteiger partial charge in [0.15, 0.2) is 8.57 Å². The topological polar surface area (TPSA) is 73.8 Å². The van der Waals surface area contributed by atoms with Crippen molar-refractivity contribution in [3.8, 4) is 0 Å². The van der Waals surface area contributed by atoms with Crippen LogP contribution in [0.15, 0.2) is 66.3 Å². The molecule has 3 aromatic rings. The Labute approximate surface area is 197 Å². The Morgan fingerprint density at radius 3 is 2.70 bits per heavy atom. The first-order valence-electron chi connectivity index (χ1n) is 9.09. The first-order chi connectivity index (χ1) is 14.4. The first kappa shape index (κ1) is 21.3. The molecule has 0 spiro atoms. The third kappa shape index (κ3) is 3.97. The van der Waals surface area contributed by atoms with Gasteiger partial charge < -0.3 is 9.15 Å². The number of thiazole rings is 1. The van der Waals surface area contributed by atoms with Crippen molar-refractivity contribution < 1.29 is 13.9 Å². The SMILES string of the molecule is CCOC(=O)C1=C(C)N=c2s/c(=C\c3ccc(I)o3)c(=O)n2[C@H]1c1ccc(Br)cc1. The number of benzene rings is 1. The molecule has 6 nitrogen and oxygen atoms in total. The predicted molar refractivity (Wildman–Crippen MR) is 126 cm³/mol. The fourth-order valence-electron chi connectivity index (χ4n) is 3.29. The number of carbonyl (C=O) groups excluding carboxylic acids is 1. The van der Waals surface area contributed by atoms with Gasteiger partial charge in [0, 0.05) is 10.5 Å². The second-order valence-corrected chi connectivity index (χ2v) is 9.48. The zero-order valence-electron chi connectivity index (χ0n) is 16.0. The highest BCUT2D eigenvalue weighted by Crippen LogP contribution is 2.31. The number of esters is 1. The van der Waals surface area contributed by atoms with Crippen LogP contribution in [0, 0.1) is 3.77 Å². The second kappa shape index (κ2) is 8.64. The van der Waals surface area contributed by atoms with E-state index in [0.717, 1.165) is 13.8 Å². The van der Waals surface area contributed by atoms with Gasteiger partial charge in [0.05, 0.1) is 28.5 Å². The number of hydrogen-bond acceptors (Lipinski definition) is 6. The van der Waals surface area contributed by atoms with Gasteiger partial charge in [-0.05, 0) is 66.3 Å². The van der Waals surface area contributed by atoms with Crippen LogP contribution in [0.2, 0.25) is 0 Å². The number of nitrogens with zero attached hydrogens (tertiary/aromatic N) is 2. The molecule has 1 aliphatic rings. The smallest absolute Gasteiger partial charge is 0.338 e. The lowest BCUT2D eigenvalue weighted by molar-refractivity contribution is -0.139. The number of hydrogen-bond donors (Lipinski definition) is 0. The Balaban J connectivity index is 1.96. The summed E-state index contributed by atoms with van der Waals surface area (Å²) in [4.78, 5) is 31.2. The predicted octanol–water partition coefficient (Wildman–Crippen LogP) is 3.76. The van der Waals surface area contributed by atoms with E-state index in [0.29, 0.717) is 26.4 Å². The molecule has 0 saturated carbocycles. The van der Waals surface area contributed by atoms with E-state index < -0.39 is 12.0 Å². The van der Waals surface area contributed by atoms with Crippen molar-refractivity contribution in [3.63, 3.8) is 0 Å². The van der Waals surface area contributed by atoms with Gasteiger partial charge in [-0.2, -0.15) is 0 Å². The zero-order chi connectivity index (χ0) is 21.4. The molecule has 0 aliphatic carbocycles. The minimum Gasteiger partial charge on any atom is -0.463 e. The Bertz CT molecular complexity index is 1330. The van der Waals surface area contributed by atoms with Crippen LogP contribution in [-0.2, 0) is 9.53 Å². The van der Waals surface area contributed by atoms with Crippen molar-refractivity contribution in [3.05, 3.63) is 86.9 Å². The van der Waals surface area contributed by atoms with Gasteiger partial charge >= 0.3 is 5.97 Å². The lowest BCUT2D eigenvalue weighted by Gasteiger charge is -2.24. The maximum absolute atomic E-state index is 13.4. The average molecular weight is 599 g/mol. The molecule has 154 valence electrons. The van der Waals surface area contributed by atoms with Gasteiger partial charge in [-0.1, -0.05) is 39.4 Å². The third-order valence-electron chi connectivity index (χ3n) is 4.57. The van der Waals surface area contributed by atoms with E-state index in [1.165, 1.54) is 11.3 Å². The van der Waals surface area contributed by atoms with Crippen molar-refractivity contribution in [1.82, 2.24) is 4.57 Å². The number of halogens is 2. The molecule has 0 N–H and O–H groups in total. The molecule has 1 atom stereocenters. The van der Waals surface area contributed by atoms with Crippen LogP contribution in [0.5, 0.6) is 0 Å². The molecule has 9 heteroatoms. The minimum atomic E-state index is -0.618. The monoisotopic (exact) mass is 598 g/mol. The number of aromatic nitrogens is 1. The fraction of sp³-hybridized carbons (Fsp3) is 0.190. The molecule has 3 heterocycles. The van der Waals surface area contributed by atoms with Crippen molar-refractivity contribution in [2.45, 2.75) is 19.9 Å². The average Bonchev–Trinajstić information content (AvgIpc) is 3.24.